The van der Waals surface area contributed by atoms with Crippen molar-refractivity contribution in [2.45, 2.75) is 12.8 Å². The minimum Gasteiger partial charge on any atom is -0.457 e. The molecule has 0 saturated carbocycles. The Morgan fingerprint density at radius 1 is 0.828 bits per heavy atom. The Morgan fingerprint density at radius 2 is 1.45 bits per heavy atom. The second-order valence-corrected chi connectivity index (χ2v) is 6.88. The smallest absolute Gasteiger partial charge is 0.253 e. The lowest BCUT2D eigenvalue weighted by molar-refractivity contribution is -0.116. The van der Waals surface area contributed by atoms with Crippen LogP contribution in [-0.4, -0.2) is 30.8 Å². The summed E-state index contributed by atoms with van der Waals surface area (Å²) in [5.41, 5.74) is 2.38. The van der Waals surface area contributed by atoms with Crippen molar-refractivity contribution in [3.63, 3.8) is 0 Å². The third kappa shape index (κ3) is 5.94. The summed E-state index contributed by atoms with van der Waals surface area (Å²) in [5, 5.41) is 2.89. The number of ether oxygens (including phenoxy) is 1. The molecule has 3 aromatic rings. The van der Waals surface area contributed by atoms with E-state index in [4.69, 9.17) is 4.74 Å². The number of amides is 2. The van der Waals surface area contributed by atoms with Crippen LogP contribution in [0.1, 0.15) is 22.3 Å². The van der Waals surface area contributed by atoms with Gasteiger partial charge in [-0.1, -0.05) is 30.3 Å². The summed E-state index contributed by atoms with van der Waals surface area (Å²) in [6.45, 7) is 0. The summed E-state index contributed by atoms with van der Waals surface area (Å²) < 4.78 is 5.75. The van der Waals surface area contributed by atoms with Gasteiger partial charge < -0.3 is 15.0 Å². The first-order valence-corrected chi connectivity index (χ1v) is 9.45. The van der Waals surface area contributed by atoms with Crippen LogP contribution in [0.3, 0.4) is 0 Å². The Labute approximate surface area is 170 Å². The molecule has 0 radical (unpaired) electrons. The first-order valence-electron chi connectivity index (χ1n) is 9.45. The third-order valence-electron chi connectivity index (χ3n) is 4.36. The van der Waals surface area contributed by atoms with Crippen LogP contribution < -0.4 is 10.1 Å². The average molecular weight is 388 g/mol. The molecule has 0 aromatic heterocycles. The maximum absolute atomic E-state index is 12.2. The predicted molar refractivity (Wildman–Crippen MR) is 114 cm³/mol. The molecule has 0 aliphatic heterocycles. The van der Waals surface area contributed by atoms with Crippen LogP contribution in [0, 0.1) is 0 Å². The first kappa shape index (κ1) is 20.1. The number of carbonyl (C=O) groups excluding carboxylic acids is 2. The lowest BCUT2D eigenvalue weighted by Crippen LogP contribution is -2.21. The fourth-order valence-electron chi connectivity index (χ4n) is 2.78. The predicted octanol–water partition coefficient (Wildman–Crippen LogP) is 4.75. The van der Waals surface area contributed by atoms with Gasteiger partial charge in [0.2, 0.25) is 5.91 Å². The molecule has 0 unspecified atom stereocenters. The highest BCUT2D eigenvalue weighted by molar-refractivity contribution is 5.94. The van der Waals surface area contributed by atoms with Gasteiger partial charge >= 0.3 is 0 Å². The van der Waals surface area contributed by atoms with Crippen molar-refractivity contribution < 1.29 is 14.3 Å². The van der Waals surface area contributed by atoms with Crippen molar-refractivity contribution in [2.24, 2.45) is 0 Å². The molecular formula is C24H24N2O3. The van der Waals surface area contributed by atoms with Crippen molar-refractivity contribution >= 4 is 17.5 Å². The van der Waals surface area contributed by atoms with Gasteiger partial charge in [0.05, 0.1) is 0 Å². The normalized spacial score (nSPS) is 10.3. The van der Waals surface area contributed by atoms with E-state index in [1.165, 1.54) is 0 Å². The monoisotopic (exact) mass is 388 g/mol. The van der Waals surface area contributed by atoms with Gasteiger partial charge in [-0.25, -0.2) is 0 Å². The highest BCUT2D eigenvalue weighted by Gasteiger charge is 2.08. The quantitative estimate of drug-likeness (QED) is 0.635. The molecule has 5 nitrogen and oxygen atoms in total. The summed E-state index contributed by atoms with van der Waals surface area (Å²) in [4.78, 5) is 25.7. The van der Waals surface area contributed by atoms with Gasteiger partial charge in [-0.2, -0.15) is 0 Å². The lowest BCUT2D eigenvalue weighted by atomic mass is 10.1. The van der Waals surface area contributed by atoms with E-state index >= 15 is 0 Å². The number of carbonyl (C=O) groups is 2. The van der Waals surface area contributed by atoms with E-state index in [0.29, 0.717) is 24.2 Å². The number of hydrogen-bond donors (Lipinski definition) is 1. The summed E-state index contributed by atoms with van der Waals surface area (Å²) in [6.07, 6.45) is 0.973. The molecule has 0 fully saturated rings. The van der Waals surface area contributed by atoms with Crippen LogP contribution in [0.15, 0.2) is 78.9 Å². The standard InChI is InChI=1S/C24H24N2O3/c1-26(2)24(28)19-11-8-18(9-12-19)10-17-23(27)25-20-13-15-22(16-14-20)29-21-6-4-3-5-7-21/h3-9,11-16H,10,17H2,1-2H3,(H,25,27). The van der Waals surface area contributed by atoms with Crippen molar-refractivity contribution in [3.05, 3.63) is 90.0 Å². The van der Waals surface area contributed by atoms with Crippen molar-refractivity contribution in [2.75, 3.05) is 19.4 Å². The van der Waals surface area contributed by atoms with Crippen molar-refractivity contribution in [3.8, 4) is 11.5 Å². The Bertz CT molecular complexity index is 950. The van der Waals surface area contributed by atoms with E-state index in [9.17, 15) is 9.59 Å². The molecule has 3 rings (SSSR count). The Balaban J connectivity index is 1.48. The zero-order valence-corrected chi connectivity index (χ0v) is 16.6. The Morgan fingerprint density at radius 3 is 2.07 bits per heavy atom. The van der Waals surface area contributed by atoms with Crippen molar-refractivity contribution in [1.29, 1.82) is 0 Å². The van der Waals surface area contributed by atoms with Gasteiger partial charge in [-0.3, -0.25) is 9.59 Å². The van der Waals surface area contributed by atoms with E-state index in [0.717, 1.165) is 17.0 Å². The highest BCUT2D eigenvalue weighted by atomic mass is 16.5. The number of benzene rings is 3. The topological polar surface area (TPSA) is 58.6 Å². The fourth-order valence-corrected chi connectivity index (χ4v) is 2.78. The zero-order chi connectivity index (χ0) is 20.6. The molecule has 29 heavy (non-hydrogen) atoms. The second kappa shape index (κ2) is 9.55. The SMILES string of the molecule is CN(C)C(=O)c1ccc(CCC(=O)Nc2ccc(Oc3ccccc3)cc2)cc1. The van der Waals surface area contributed by atoms with Gasteiger partial charge in [0.15, 0.2) is 0 Å². The van der Waals surface area contributed by atoms with E-state index in [2.05, 4.69) is 5.32 Å². The first-order chi connectivity index (χ1) is 14.0. The molecule has 5 heteroatoms. The van der Waals surface area contributed by atoms with Crippen LogP contribution in [0.25, 0.3) is 0 Å². The molecule has 0 aliphatic carbocycles. The van der Waals surface area contributed by atoms with Gasteiger partial charge in [0, 0.05) is 31.8 Å². The van der Waals surface area contributed by atoms with Crippen LogP contribution in [-0.2, 0) is 11.2 Å². The third-order valence-corrected chi connectivity index (χ3v) is 4.36. The molecule has 0 aliphatic rings. The van der Waals surface area contributed by atoms with Crippen LogP contribution in [0.5, 0.6) is 11.5 Å². The van der Waals surface area contributed by atoms with Gasteiger partial charge in [0.25, 0.3) is 5.91 Å². The minimum absolute atomic E-state index is 0.0333. The molecule has 0 spiro atoms. The molecule has 0 atom stereocenters. The summed E-state index contributed by atoms with van der Waals surface area (Å²) >= 11 is 0. The Kier molecular flexibility index (Phi) is 6.63. The number of nitrogens with one attached hydrogen (secondary N) is 1. The number of anilines is 1. The van der Waals surface area contributed by atoms with Crippen LogP contribution >= 0.6 is 0 Å². The van der Waals surface area contributed by atoms with Gasteiger partial charge in [-0.05, 0) is 60.5 Å². The lowest BCUT2D eigenvalue weighted by Gasteiger charge is -2.10. The average Bonchev–Trinajstić information content (AvgIpc) is 2.74. The van der Waals surface area contributed by atoms with Crippen LogP contribution in [0.4, 0.5) is 5.69 Å². The molecule has 2 amide bonds. The zero-order valence-electron chi connectivity index (χ0n) is 16.6. The molecule has 148 valence electrons. The van der Waals surface area contributed by atoms with Crippen molar-refractivity contribution in [1.82, 2.24) is 4.90 Å². The van der Waals surface area contributed by atoms with Gasteiger partial charge in [0.1, 0.15) is 11.5 Å². The molecule has 0 bridgehead atoms. The molecule has 3 aromatic carbocycles. The largest absolute Gasteiger partial charge is 0.457 e. The van der Waals surface area contributed by atoms with Gasteiger partial charge in [-0.15, -0.1) is 0 Å². The Hall–Kier alpha value is -3.60. The summed E-state index contributed by atoms with van der Waals surface area (Å²) in [7, 11) is 3.45. The molecular weight excluding hydrogens is 364 g/mol. The van der Waals surface area contributed by atoms with E-state index < -0.39 is 0 Å². The molecule has 0 saturated heterocycles. The summed E-state index contributed by atoms with van der Waals surface area (Å²) in [6, 6.07) is 24.2. The van der Waals surface area contributed by atoms with E-state index in [-0.39, 0.29) is 11.8 Å². The van der Waals surface area contributed by atoms with E-state index in [1.54, 1.807) is 31.1 Å². The molecule has 1 N–H and O–H groups in total. The number of nitrogens with zero attached hydrogens (tertiary/aromatic N) is 1. The minimum atomic E-state index is -0.0600. The van der Waals surface area contributed by atoms with Crippen LogP contribution in [0.2, 0.25) is 0 Å². The second-order valence-electron chi connectivity index (χ2n) is 6.88. The number of hydrogen-bond acceptors (Lipinski definition) is 3. The van der Waals surface area contributed by atoms with E-state index in [1.807, 2.05) is 66.7 Å². The number of para-hydroxylation sites is 1. The molecule has 0 heterocycles. The summed E-state index contributed by atoms with van der Waals surface area (Å²) in [5.74, 6) is 1.38. The number of aryl methyl sites for hydroxylation is 1. The maximum atomic E-state index is 12.2. The number of rotatable bonds is 7. The highest BCUT2D eigenvalue weighted by Crippen LogP contribution is 2.22. The maximum Gasteiger partial charge on any atom is 0.253 e. The fraction of sp³-hybridized carbons (Fsp3) is 0.167.